The quantitative estimate of drug-likeness (QED) is 0.223. The fourth-order valence-electron chi connectivity index (χ4n) is 4.13. The van der Waals surface area contributed by atoms with E-state index in [4.69, 9.17) is 20.9 Å². The zero-order chi connectivity index (χ0) is 28.1. The second-order valence-electron chi connectivity index (χ2n) is 9.07. The molecule has 0 aliphatic carbocycles. The molecule has 3 aromatic carbocycles. The van der Waals surface area contributed by atoms with Crippen molar-refractivity contribution in [3.05, 3.63) is 117 Å². The van der Waals surface area contributed by atoms with Crippen molar-refractivity contribution in [2.75, 3.05) is 19.0 Å². The minimum absolute atomic E-state index is 0.0587. The predicted molar refractivity (Wildman–Crippen MR) is 150 cm³/mol. The second-order valence-corrected chi connectivity index (χ2v) is 9.51. The Hall–Kier alpha value is -4.94. The number of aryl methyl sites for hydroxylation is 1. The van der Waals surface area contributed by atoms with E-state index < -0.39 is 0 Å². The highest BCUT2D eigenvalue weighted by molar-refractivity contribution is 6.30. The molecule has 10 heteroatoms. The van der Waals surface area contributed by atoms with E-state index in [2.05, 4.69) is 26.6 Å². The van der Waals surface area contributed by atoms with Crippen LogP contribution in [0.4, 0.5) is 5.82 Å². The van der Waals surface area contributed by atoms with Gasteiger partial charge in [-0.1, -0.05) is 58.7 Å². The smallest absolute Gasteiger partial charge is 0.228 e. The summed E-state index contributed by atoms with van der Waals surface area (Å²) < 4.78 is 12.2. The molecule has 200 valence electrons. The fraction of sp³-hybridized carbons (Fsp3) is 0.167. The van der Waals surface area contributed by atoms with Crippen LogP contribution >= 0.6 is 11.6 Å². The maximum Gasteiger partial charge on any atom is 0.228 e. The number of nitrogens with one attached hydrogen (secondary N) is 1. The van der Waals surface area contributed by atoms with Crippen LogP contribution < -0.4 is 10.1 Å². The van der Waals surface area contributed by atoms with Gasteiger partial charge in [0.05, 0.1) is 12.8 Å². The Morgan fingerprint density at radius 1 is 1.07 bits per heavy atom. The number of hydrogen-bond donors (Lipinski definition) is 1. The number of hydrogen-bond acceptors (Lipinski definition) is 8. The summed E-state index contributed by atoms with van der Waals surface area (Å²) in [7, 11) is 1.62. The summed E-state index contributed by atoms with van der Waals surface area (Å²) in [6.45, 7) is 2.30. The Kier molecular flexibility index (Phi) is 7.89. The average molecular weight is 553 g/mol. The van der Waals surface area contributed by atoms with Crippen LogP contribution in [0.15, 0.2) is 77.3 Å². The van der Waals surface area contributed by atoms with E-state index in [1.165, 1.54) is 0 Å². The Morgan fingerprint density at radius 2 is 1.80 bits per heavy atom. The van der Waals surface area contributed by atoms with Crippen LogP contribution in [0.1, 0.15) is 44.5 Å². The van der Waals surface area contributed by atoms with Gasteiger partial charge in [-0.2, -0.15) is 15.3 Å². The van der Waals surface area contributed by atoms with Gasteiger partial charge in [0.2, 0.25) is 11.7 Å². The largest absolute Gasteiger partial charge is 0.497 e. The van der Waals surface area contributed by atoms with E-state index >= 15 is 0 Å². The summed E-state index contributed by atoms with van der Waals surface area (Å²) in [6.07, 6.45) is 0.918. The van der Waals surface area contributed by atoms with Crippen LogP contribution in [0.3, 0.4) is 0 Å². The van der Waals surface area contributed by atoms with Crippen molar-refractivity contribution < 1.29 is 14.1 Å². The monoisotopic (exact) mass is 552 g/mol. The van der Waals surface area contributed by atoms with Crippen molar-refractivity contribution in [3.63, 3.8) is 0 Å². The zero-order valence-electron chi connectivity index (χ0n) is 21.9. The number of anilines is 1. The number of aromatic nitrogens is 4. The number of carbonyl (C=O) groups excluding carboxylic acids is 1. The molecule has 0 radical (unpaired) electrons. The first-order valence-corrected chi connectivity index (χ1v) is 12.9. The van der Waals surface area contributed by atoms with Gasteiger partial charge in [-0.05, 0) is 48.9 Å². The molecule has 5 aromatic rings. The van der Waals surface area contributed by atoms with Crippen molar-refractivity contribution in [2.24, 2.45) is 0 Å². The Morgan fingerprint density at radius 3 is 2.48 bits per heavy atom. The van der Waals surface area contributed by atoms with Crippen LogP contribution in [0.25, 0.3) is 5.69 Å². The molecule has 2 aromatic heterocycles. The summed E-state index contributed by atoms with van der Waals surface area (Å²) in [5, 5.41) is 22.5. The van der Waals surface area contributed by atoms with Gasteiger partial charge in [0.1, 0.15) is 23.2 Å². The van der Waals surface area contributed by atoms with Gasteiger partial charge in [-0.3, -0.25) is 4.79 Å². The van der Waals surface area contributed by atoms with E-state index in [1.807, 2.05) is 43.3 Å². The van der Waals surface area contributed by atoms with E-state index in [9.17, 15) is 10.1 Å². The van der Waals surface area contributed by atoms with Crippen molar-refractivity contribution in [1.82, 2.24) is 19.9 Å². The molecule has 0 saturated carbocycles. The van der Waals surface area contributed by atoms with Crippen molar-refractivity contribution in [3.8, 4) is 17.5 Å². The number of nitrogens with zero attached hydrogens (tertiary/aromatic N) is 5. The summed E-state index contributed by atoms with van der Waals surface area (Å²) >= 11 is 6.08. The van der Waals surface area contributed by atoms with Gasteiger partial charge in [-0.25, -0.2) is 4.68 Å². The molecule has 0 bridgehead atoms. The number of rotatable bonds is 10. The molecule has 40 heavy (non-hydrogen) atoms. The number of halogens is 1. The molecule has 0 amide bonds. The van der Waals surface area contributed by atoms with E-state index in [-0.39, 0.29) is 17.0 Å². The normalized spacial score (nSPS) is 10.8. The first kappa shape index (κ1) is 26.7. The second kappa shape index (κ2) is 11.8. The molecule has 9 nitrogen and oxygen atoms in total. The predicted octanol–water partition coefficient (Wildman–Crippen LogP) is 5.57. The number of carbonyl (C=O) groups is 1. The highest BCUT2D eigenvalue weighted by Gasteiger charge is 2.25. The fourth-order valence-corrected chi connectivity index (χ4v) is 4.26. The van der Waals surface area contributed by atoms with E-state index in [0.717, 1.165) is 16.9 Å². The maximum atomic E-state index is 13.4. The van der Waals surface area contributed by atoms with Gasteiger partial charge < -0.3 is 14.6 Å². The summed E-state index contributed by atoms with van der Waals surface area (Å²) in [6, 6.07) is 24.0. The minimum Gasteiger partial charge on any atom is -0.497 e. The minimum atomic E-state index is -0.340. The first-order valence-electron chi connectivity index (χ1n) is 12.5. The van der Waals surface area contributed by atoms with Crippen molar-refractivity contribution in [2.45, 2.75) is 19.8 Å². The molecule has 0 spiro atoms. The summed E-state index contributed by atoms with van der Waals surface area (Å²) in [4.78, 5) is 17.8. The topological polar surface area (TPSA) is 119 Å². The molecule has 1 N–H and O–H groups in total. The number of nitriles is 1. The lowest BCUT2D eigenvalue weighted by atomic mass is 10.0. The van der Waals surface area contributed by atoms with E-state index in [0.29, 0.717) is 53.2 Å². The molecule has 0 saturated heterocycles. The highest BCUT2D eigenvalue weighted by Crippen LogP contribution is 2.26. The number of ether oxygens (including phenoxy) is 1. The number of methoxy groups -OCH3 is 1. The van der Waals surface area contributed by atoms with Crippen LogP contribution in [0.5, 0.6) is 5.75 Å². The third kappa shape index (κ3) is 5.87. The molecular formula is C30H25ClN6O3. The number of benzene rings is 3. The van der Waals surface area contributed by atoms with Crippen LogP contribution in [0.2, 0.25) is 5.02 Å². The highest BCUT2D eigenvalue weighted by atomic mass is 35.5. The van der Waals surface area contributed by atoms with Gasteiger partial charge in [0.15, 0.2) is 11.5 Å². The lowest BCUT2D eigenvalue weighted by Gasteiger charge is -2.09. The third-order valence-electron chi connectivity index (χ3n) is 6.26. The van der Waals surface area contributed by atoms with E-state index in [1.54, 1.807) is 48.2 Å². The van der Waals surface area contributed by atoms with Crippen molar-refractivity contribution in [1.29, 1.82) is 5.26 Å². The molecule has 0 fully saturated rings. The standard InChI is InChI=1S/C30H25ClN6O3/c1-19-3-7-21(8-4-19)29(38)28-25(18-32)30(37(35-28)23-11-9-22(31)10-12-23)33-16-15-27-34-26(36-40-27)17-20-5-13-24(39-2)14-6-20/h3-14,33H,15-17H2,1-2H3. The molecule has 0 unspecified atom stereocenters. The Balaban J connectivity index is 1.36. The Labute approximate surface area is 236 Å². The maximum absolute atomic E-state index is 13.4. The molecule has 2 heterocycles. The van der Waals surface area contributed by atoms with Gasteiger partial charge in [0, 0.05) is 30.0 Å². The van der Waals surface area contributed by atoms with Gasteiger partial charge in [0.25, 0.3) is 0 Å². The number of ketones is 1. The molecule has 5 rings (SSSR count). The third-order valence-corrected chi connectivity index (χ3v) is 6.51. The zero-order valence-corrected chi connectivity index (χ0v) is 22.6. The Bertz CT molecular complexity index is 1670. The molecular weight excluding hydrogens is 528 g/mol. The van der Waals surface area contributed by atoms with Crippen molar-refractivity contribution >= 4 is 23.2 Å². The average Bonchev–Trinajstić information content (AvgIpc) is 3.58. The molecule has 0 atom stereocenters. The SMILES string of the molecule is COc1ccc(Cc2noc(CCNc3c(C#N)c(C(=O)c4ccc(C)cc4)nn3-c3ccc(Cl)cc3)n2)cc1. The van der Waals surface area contributed by atoms with Gasteiger partial charge in [-0.15, -0.1) is 0 Å². The summed E-state index contributed by atoms with van der Waals surface area (Å²) in [5.41, 5.74) is 3.35. The van der Waals surface area contributed by atoms with Crippen LogP contribution in [0, 0.1) is 18.3 Å². The summed E-state index contributed by atoms with van der Waals surface area (Å²) in [5.74, 6) is 1.84. The lowest BCUT2D eigenvalue weighted by Crippen LogP contribution is -2.11. The lowest BCUT2D eigenvalue weighted by molar-refractivity contribution is 0.103. The first-order chi connectivity index (χ1) is 19.4. The molecule has 0 aliphatic rings. The van der Waals surface area contributed by atoms with Crippen LogP contribution in [-0.2, 0) is 12.8 Å². The van der Waals surface area contributed by atoms with Gasteiger partial charge >= 0.3 is 0 Å². The molecule has 0 aliphatic heterocycles. The van der Waals surface area contributed by atoms with Crippen LogP contribution in [-0.4, -0.2) is 39.4 Å².